The fourth-order valence-electron chi connectivity index (χ4n) is 4.38. The first-order valence-electron chi connectivity index (χ1n) is 11.4. The van der Waals surface area contributed by atoms with E-state index in [2.05, 4.69) is 54.6 Å². The minimum atomic E-state index is 0.415. The van der Waals surface area contributed by atoms with Gasteiger partial charge in [-0.25, -0.2) is 0 Å². The van der Waals surface area contributed by atoms with Gasteiger partial charge in [0.1, 0.15) is 0 Å². The highest BCUT2D eigenvalue weighted by Gasteiger charge is 2.12. The summed E-state index contributed by atoms with van der Waals surface area (Å²) in [5.74, 6) is 2.49. The lowest BCUT2D eigenvalue weighted by atomic mass is 9.90. The number of halogens is 6. The van der Waals surface area contributed by atoms with Gasteiger partial charge < -0.3 is 0 Å². The number of benzene rings is 4. The Bertz CT molecular complexity index is 1120. The van der Waals surface area contributed by atoms with Gasteiger partial charge in [-0.2, -0.15) is 0 Å². The van der Waals surface area contributed by atoms with Crippen LogP contribution in [0, 0.1) is 0 Å². The van der Waals surface area contributed by atoms with Crippen molar-refractivity contribution in [3.05, 3.63) is 106 Å². The number of alkyl halides is 6. The molecule has 0 N–H and O–H groups in total. The Balaban J connectivity index is 1.98. The average molecular weight is 597 g/mol. The predicted octanol–water partition coefficient (Wildman–Crippen LogP) is 11.1. The van der Waals surface area contributed by atoms with Crippen LogP contribution in [0.25, 0.3) is 33.4 Å². The molecule has 0 aromatic heterocycles. The van der Waals surface area contributed by atoms with E-state index >= 15 is 0 Å². The van der Waals surface area contributed by atoms with Gasteiger partial charge in [-0.15, -0.1) is 69.6 Å². The van der Waals surface area contributed by atoms with E-state index in [0.717, 1.165) is 66.8 Å². The minimum Gasteiger partial charge on any atom is -0.122 e. The molecule has 186 valence electrons. The molecule has 6 heteroatoms. The van der Waals surface area contributed by atoms with Crippen molar-refractivity contribution in [3.63, 3.8) is 0 Å². The quantitative estimate of drug-likeness (QED) is 0.169. The summed E-state index contributed by atoms with van der Waals surface area (Å²) in [6.07, 6.45) is 0. The molecule has 0 amide bonds. The van der Waals surface area contributed by atoms with Crippen molar-refractivity contribution in [2.75, 3.05) is 0 Å². The SMILES string of the molecule is ClCc1cc(CCl)cc(-c2cc(-c3cc(CCl)cc(CCl)c3)cc(-c3cc(CCl)cc(CCl)c3)c2)c1. The summed E-state index contributed by atoms with van der Waals surface area (Å²) in [7, 11) is 0. The van der Waals surface area contributed by atoms with Gasteiger partial charge in [0, 0.05) is 35.3 Å². The van der Waals surface area contributed by atoms with Gasteiger partial charge >= 0.3 is 0 Å². The first-order valence-corrected chi connectivity index (χ1v) is 14.6. The highest BCUT2D eigenvalue weighted by Crippen LogP contribution is 2.36. The maximum absolute atomic E-state index is 6.21. The summed E-state index contributed by atoms with van der Waals surface area (Å²) in [5, 5.41) is 0. The summed E-state index contributed by atoms with van der Waals surface area (Å²) in [5.41, 5.74) is 12.5. The van der Waals surface area contributed by atoms with Crippen LogP contribution in [-0.4, -0.2) is 0 Å². The third-order valence-corrected chi connectivity index (χ3v) is 7.87. The van der Waals surface area contributed by atoms with Gasteiger partial charge in [0.05, 0.1) is 0 Å². The molecular weight excluding hydrogens is 573 g/mol. The van der Waals surface area contributed by atoms with Crippen molar-refractivity contribution in [1.29, 1.82) is 0 Å². The van der Waals surface area contributed by atoms with E-state index in [1.165, 1.54) is 0 Å². The second-order valence-electron chi connectivity index (χ2n) is 8.72. The van der Waals surface area contributed by atoms with E-state index in [1.54, 1.807) is 0 Å². The molecule has 0 atom stereocenters. The second-order valence-corrected chi connectivity index (χ2v) is 10.3. The van der Waals surface area contributed by atoms with Crippen LogP contribution in [0.1, 0.15) is 33.4 Å². The Hall–Kier alpha value is -1.38. The third-order valence-electron chi connectivity index (χ3n) is 6.02. The van der Waals surface area contributed by atoms with Crippen LogP contribution < -0.4 is 0 Å². The Kier molecular flexibility index (Phi) is 9.92. The van der Waals surface area contributed by atoms with Gasteiger partial charge in [0.15, 0.2) is 0 Å². The van der Waals surface area contributed by atoms with Crippen molar-refractivity contribution in [1.82, 2.24) is 0 Å². The maximum Gasteiger partial charge on any atom is 0.0474 e. The Labute approximate surface area is 243 Å². The molecule has 0 unspecified atom stereocenters. The summed E-state index contributed by atoms with van der Waals surface area (Å²) in [6, 6.07) is 25.4. The van der Waals surface area contributed by atoms with E-state index in [4.69, 9.17) is 69.6 Å². The molecule has 0 aliphatic carbocycles. The molecule has 4 aromatic carbocycles. The molecule has 0 bridgehead atoms. The molecule has 36 heavy (non-hydrogen) atoms. The lowest BCUT2D eigenvalue weighted by Crippen LogP contribution is -1.93. The van der Waals surface area contributed by atoms with Crippen molar-refractivity contribution in [3.8, 4) is 33.4 Å². The third kappa shape index (κ3) is 6.54. The van der Waals surface area contributed by atoms with E-state index in [1.807, 2.05) is 18.2 Å². The standard InChI is InChI=1S/C30H24Cl6/c31-13-19-1-20(14-32)5-25(4-19)28-10-29(26-6-21(15-33)2-22(7-26)16-34)12-30(11-28)27-8-23(17-35)3-24(9-27)18-36/h1-12H,13-18H2. The van der Waals surface area contributed by atoms with Gasteiger partial charge in [0.2, 0.25) is 0 Å². The van der Waals surface area contributed by atoms with Crippen molar-refractivity contribution in [2.45, 2.75) is 35.3 Å². The van der Waals surface area contributed by atoms with Gasteiger partial charge in [-0.1, -0.05) is 18.2 Å². The molecule has 0 aliphatic heterocycles. The zero-order valence-corrected chi connectivity index (χ0v) is 24.0. The minimum absolute atomic E-state index is 0.415. The molecule has 0 nitrogen and oxygen atoms in total. The van der Waals surface area contributed by atoms with Gasteiger partial charge in [-0.05, 0) is 121 Å². The van der Waals surface area contributed by atoms with Gasteiger partial charge in [0.25, 0.3) is 0 Å². The first kappa shape index (κ1) is 27.6. The van der Waals surface area contributed by atoms with Gasteiger partial charge in [-0.3, -0.25) is 0 Å². The molecule has 4 aromatic rings. The lowest BCUT2D eigenvalue weighted by Gasteiger charge is -2.15. The molecule has 4 rings (SSSR count). The number of hydrogen-bond acceptors (Lipinski definition) is 0. The summed E-state index contributed by atoms with van der Waals surface area (Å²) in [4.78, 5) is 0. The largest absolute Gasteiger partial charge is 0.122 e. The van der Waals surface area contributed by atoms with Crippen molar-refractivity contribution >= 4 is 69.6 Å². The van der Waals surface area contributed by atoms with Crippen LogP contribution in [-0.2, 0) is 35.3 Å². The van der Waals surface area contributed by atoms with Crippen LogP contribution in [0.15, 0.2) is 72.8 Å². The Morgan fingerprint density at radius 1 is 0.250 bits per heavy atom. The fourth-order valence-corrected chi connectivity index (χ4v) is 5.30. The molecule has 0 spiro atoms. The molecular formula is C30H24Cl6. The number of rotatable bonds is 9. The number of hydrogen-bond donors (Lipinski definition) is 0. The average Bonchev–Trinajstić information content (AvgIpc) is 2.95. The molecule has 0 fully saturated rings. The van der Waals surface area contributed by atoms with Crippen molar-refractivity contribution in [2.24, 2.45) is 0 Å². The molecule has 0 saturated carbocycles. The fraction of sp³-hybridized carbons (Fsp3) is 0.200. The smallest absolute Gasteiger partial charge is 0.0474 e. The zero-order chi connectivity index (χ0) is 25.7. The topological polar surface area (TPSA) is 0 Å². The summed E-state index contributed by atoms with van der Waals surface area (Å²) in [6.45, 7) is 0. The lowest BCUT2D eigenvalue weighted by molar-refractivity contribution is 1.31. The Morgan fingerprint density at radius 3 is 0.583 bits per heavy atom. The normalized spacial score (nSPS) is 11.2. The maximum atomic E-state index is 6.21. The van der Waals surface area contributed by atoms with E-state index in [9.17, 15) is 0 Å². The molecule has 0 heterocycles. The van der Waals surface area contributed by atoms with Crippen molar-refractivity contribution < 1.29 is 0 Å². The zero-order valence-electron chi connectivity index (χ0n) is 19.4. The van der Waals surface area contributed by atoms with Crippen LogP contribution in [0.3, 0.4) is 0 Å². The highest BCUT2D eigenvalue weighted by molar-refractivity contribution is 6.19. The van der Waals surface area contributed by atoms with Crippen LogP contribution in [0.5, 0.6) is 0 Å². The molecule has 0 saturated heterocycles. The summed E-state index contributed by atoms with van der Waals surface area (Å²) >= 11 is 37.3. The Morgan fingerprint density at radius 2 is 0.417 bits per heavy atom. The van der Waals surface area contributed by atoms with E-state index in [0.29, 0.717) is 35.3 Å². The molecule has 0 aliphatic rings. The van der Waals surface area contributed by atoms with E-state index in [-0.39, 0.29) is 0 Å². The second kappa shape index (κ2) is 12.9. The van der Waals surface area contributed by atoms with Crippen LogP contribution >= 0.6 is 69.6 Å². The highest BCUT2D eigenvalue weighted by atomic mass is 35.5. The predicted molar refractivity (Wildman–Crippen MR) is 160 cm³/mol. The summed E-state index contributed by atoms with van der Waals surface area (Å²) < 4.78 is 0. The van der Waals surface area contributed by atoms with Crippen LogP contribution in [0.2, 0.25) is 0 Å². The van der Waals surface area contributed by atoms with Crippen LogP contribution in [0.4, 0.5) is 0 Å². The monoisotopic (exact) mass is 594 g/mol. The molecule has 0 radical (unpaired) electrons. The first-order chi connectivity index (χ1) is 17.5. The van der Waals surface area contributed by atoms with E-state index < -0.39 is 0 Å².